The van der Waals surface area contributed by atoms with Gasteiger partial charge < -0.3 is 5.11 Å². The number of aromatic nitrogens is 2. The van der Waals surface area contributed by atoms with Gasteiger partial charge in [0.1, 0.15) is 5.69 Å². The van der Waals surface area contributed by atoms with Gasteiger partial charge in [-0.25, -0.2) is 4.98 Å². The monoisotopic (exact) mass is 270 g/mol. The molecule has 19 heavy (non-hydrogen) atoms. The summed E-state index contributed by atoms with van der Waals surface area (Å²) in [5.41, 5.74) is -0.387. The fourth-order valence-electron chi connectivity index (χ4n) is 1.70. The van der Waals surface area contributed by atoms with Crippen LogP contribution in [0.25, 0.3) is 10.9 Å². The van der Waals surface area contributed by atoms with Crippen LogP contribution < -0.4 is 0 Å². The summed E-state index contributed by atoms with van der Waals surface area (Å²) in [6.45, 7) is 0. The van der Waals surface area contributed by atoms with Crippen LogP contribution in [0.3, 0.4) is 0 Å². The van der Waals surface area contributed by atoms with Gasteiger partial charge in [-0.1, -0.05) is 0 Å². The van der Waals surface area contributed by atoms with Crippen molar-refractivity contribution in [1.82, 2.24) is 9.97 Å². The maximum atomic E-state index is 12.5. The van der Waals surface area contributed by atoms with Gasteiger partial charge in [0.25, 0.3) is 0 Å². The van der Waals surface area contributed by atoms with E-state index < -0.39 is 17.8 Å². The highest BCUT2D eigenvalue weighted by atomic mass is 19.4. The van der Waals surface area contributed by atoms with Gasteiger partial charge in [-0.3, -0.25) is 9.78 Å². The molecular formula is C12H9F3N2O2. The van der Waals surface area contributed by atoms with E-state index in [4.69, 9.17) is 5.11 Å². The van der Waals surface area contributed by atoms with Gasteiger partial charge >= 0.3 is 12.1 Å². The van der Waals surface area contributed by atoms with Crippen molar-refractivity contribution in [3.8, 4) is 0 Å². The number of aryl methyl sites for hydroxylation is 1. The Bertz CT molecular complexity index is 626. The fraction of sp³-hybridized carbons (Fsp3) is 0.250. The smallest absolute Gasteiger partial charge is 0.433 e. The molecule has 0 radical (unpaired) electrons. The predicted molar refractivity (Wildman–Crippen MR) is 60.5 cm³/mol. The van der Waals surface area contributed by atoms with Gasteiger partial charge in [0.2, 0.25) is 0 Å². The van der Waals surface area contributed by atoms with E-state index in [1.807, 2.05) is 0 Å². The molecule has 0 aliphatic carbocycles. The van der Waals surface area contributed by atoms with Crippen molar-refractivity contribution in [3.63, 3.8) is 0 Å². The molecule has 7 heteroatoms. The number of hydrogen-bond donors (Lipinski definition) is 1. The van der Waals surface area contributed by atoms with Crippen LogP contribution in [0.2, 0.25) is 0 Å². The second-order valence-electron chi connectivity index (χ2n) is 3.91. The average molecular weight is 270 g/mol. The van der Waals surface area contributed by atoms with Gasteiger partial charge in [0.15, 0.2) is 0 Å². The quantitative estimate of drug-likeness (QED) is 0.931. The molecule has 0 unspecified atom stereocenters. The van der Waals surface area contributed by atoms with E-state index in [-0.39, 0.29) is 18.4 Å². The van der Waals surface area contributed by atoms with E-state index in [1.165, 1.54) is 18.3 Å². The molecule has 0 aliphatic rings. The highest BCUT2D eigenvalue weighted by Gasteiger charge is 2.32. The fourth-order valence-corrected chi connectivity index (χ4v) is 1.70. The van der Waals surface area contributed by atoms with Crippen molar-refractivity contribution in [2.24, 2.45) is 0 Å². The molecule has 0 fully saturated rings. The van der Waals surface area contributed by atoms with Crippen molar-refractivity contribution in [2.45, 2.75) is 19.0 Å². The van der Waals surface area contributed by atoms with E-state index >= 15 is 0 Å². The van der Waals surface area contributed by atoms with Gasteiger partial charge in [-0.15, -0.1) is 0 Å². The number of nitrogens with zero attached hydrogens (tertiary/aromatic N) is 2. The van der Waals surface area contributed by atoms with E-state index in [9.17, 15) is 18.0 Å². The van der Waals surface area contributed by atoms with Crippen LogP contribution in [0, 0.1) is 0 Å². The normalized spacial score (nSPS) is 11.7. The molecule has 1 N–H and O–H groups in total. The molecule has 0 bridgehead atoms. The highest BCUT2D eigenvalue weighted by Crippen LogP contribution is 2.29. The average Bonchev–Trinajstić information content (AvgIpc) is 2.34. The van der Waals surface area contributed by atoms with Crippen molar-refractivity contribution in [1.29, 1.82) is 0 Å². The topological polar surface area (TPSA) is 63.1 Å². The van der Waals surface area contributed by atoms with Gasteiger partial charge in [-0.05, 0) is 18.2 Å². The number of halogens is 3. The number of alkyl halides is 3. The minimum Gasteiger partial charge on any atom is -0.481 e. The molecule has 2 rings (SSSR count). The first-order valence-electron chi connectivity index (χ1n) is 5.41. The molecule has 0 saturated carbocycles. The zero-order valence-corrected chi connectivity index (χ0v) is 9.61. The van der Waals surface area contributed by atoms with Crippen molar-refractivity contribution in [2.75, 3.05) is 0 Å². The highest BCUT2D eigenvalue weighted by molar-refractivity contribution is 5.81. The van der Waals surface area contributed by atoms with Gasteiger partial charge in [0.05, 0.1) is 17.6 Å². The number of carbonyl (C=O) groups is 1. The summed E-state index contributed by atoms with van der Waals surface area (Å²) in [4.78, 5) is 18.0. The Balaban J connectivity index is 2.44. The first-order chi connectivity index (χ1) is 8.88. The lowest BCUT2D eigenvalue weighted by atomic mass is 10.1. The van der Waals surface area contributed by atoms with E-state index in [0.717, 1.165) is 6.07 Å². The molecular weight excluding hydrogens is 261 g/mol. The van der Waals surface area contributed by atoms with Crippen molar-refractivity contribution in [3.05, 3.63) is 35.8 Å². The Morgan fingerprint density at radius 2 is 2.00 bits per heavy atom. The summed E-state index contributed by atoms with van der Waals surface area (Å²) in [6, 6.07) is 3.51. The molecule has 2 heterocycles. The number of hydrogen-bond acceptors (Lipinski definition) is 3. The second-order valence-corrected chi connectivity index (χ2v) is 3.91. The van der Waals surface area contributed by atoms with E-state index in [0.29, 0.717) is 11.1 Å². The van der Waals surface area contributed by atoms with E-state index in [2.05, 4.69) is 9.97 Å². The first-order valence-corrected chi connectivity index (χ1v) is 5.41. The van der Waals surface area contributed by atoms with Crippen LogP contribution in [0.4, 0.5) is 13.2 Å². The molecule has 2 aromatic heterocycles. The third kappa shape index (κ3) is 2.98. The molecule has 0 saturated heterocycles. The van der Waals surface area contributed by atoms with Crippen molar-refractivity contribution < 1.29 is 23.1 Å². The van der Waals surface area contributed by atoms with Crippen LogP contribution in [0.1, 0.15) is 17.8 Å². The summed E-state index contributed by atoms with van der Waals surface area (Å²) in [7, 11) is 0. The summed E-state index contributed by atoms with van der Waals surface area (Å²) in [6.07, 6.45) is -3.15. The minimum absolute atomic E-state index is 0.132. The standard InChI is InChI=1S/C12H9F3N2O2/c13-12(14,15)10-3-1-7-8(2-4-11(18)19)16-6-5-9(7)17-10/h1,3,5-6H,2,4H2,(H,18,19). The maximum Gasteiger partial charge on any atom is 0.433 e. The zero-order valence-electron chi connectivity index (χ0n) is 9.61. The minimum atomic E-state index is -4.50. The van der Waals surface area contributed by atoms with Crippen LogP contribution in [0.15, 0.2) is 24.4 Å². The lowest BCUT2D eigenvalue weighted by Crippen LogP contribution is -2.08. The lowest BCUT2D eigenvalue weighted by Gasteiger charge is -2.08. The predicted octanol–water partition coefficient (Wildman–Crippen LogP) is 2.67. The third-order valence-electron chi connectivity index (χ3n) is 2.56. The van der Waals surface area contributed by atoms with Crippen LogP contribution in [-0.2, 0) is 17.4 Å². The number of fused-ring (bicyclic) bond motifs is 1. The molecule has 2 aromatic rings. The molecule has 0 aliphatic heterocycles. The first kappa shape index (κ1) is 13.3. The largest absolute Gasteiger partial charge is 0.481 e. The summed E-state index contributed by atoms with van der Waals surface area (Å²) < 4.78 is 37.5. The Labute approximate surface area is 105 Å². The second kappa shape index (κ2) is 4.83. The summed E-state index contributed by atoms with van der Waals surface area (Å²) >= 11 is 0. The molecule has 0 atom stereocenters. The molecule has 0 aromatic carbocycles. The Morgan fingerprint density at radius 3 is 2.63 bits per heavy atom. The zero-order chi connectivity index (χ0) is 14.0. The van der Waals surface area contributed by atoms with Crippen LogP contribution >= 0.6 is 0 Å². The Morgan fingerprint density at radius 1 is 1.26 bits per heavy atom. The van der Waals surface area contributed by atoms with E-state index in [1.54, 1.807) is 0 Å². The molecule has 4 nitrogen and oxygen atoms in total. The SMILES string of the molecule is O=C(O)CCc1nccc2nc(C(F)(F)F)ccc12. The third-order valence-corrected chi connectivity index (χ3v) is 2.56. The maximum absolute atomic E-state index is 12.5. The number of carboxylic acid groups (broad SMARTS) is 1. The number of carboxylic acids is 1. The lowest BCUT2D eigenvalue weighted by molar-refractivity contribution is -0.141. The van der Waals surface area contributed by atoms with Gasteiger partial charge in [0, 0.05) is 18.0 Å². The van der Waals surface area contributed by atoms with Crippen LogP contribution in [0.5, 0.6) is 0 Å². The van der Waals surface area contributed by atoms with Gasteiger partial charge in [-0.2, -0.15) is 13.2 Å². The molecule has 0 spiro atoms. The Kier molecular flexibility index (Phi) is 3.37. The molecule has 0 amide bonds. The number of aliphatic carboxylic acids is 1. The number of rotatable bonds is 3. The summed E-state index contributed by atoms with van der Waals surface area (Å²) in [5.74, 6) is -0.987. The summed E-state index contributed by atoms with van der Waals surface area (Å²) in [5, 5.41) is 9.05. The number of pyridine rings is 2. The Hall–Kier alpha value is -2.18. The molecule has 100 valence electrons. The van der Waals surface area contributed by atoms with Crippen LogP contribution in [-0.4, -0.2) is 21.0 Å². The van der Waals surface area contributed by atoms with Crippen molar-refractivity contribution >= 4 is 16.9 Å².